The number of halogens is 1. The Balaban J connectivity index is 2.31. The van der Waals surface area contributed by atoms with Crippen LogP contribution in [0.15, 0.2) is 24.4 Å². The number of hydrogen-bond acceptors (Lipinski definition) is 4. The van der Waals surface area contributed by atoms with Gasteiger partial charge in [-0.25, -0.2) is 4.39 Å². The molecule has 96 valence electrons. The molecule has 3 N–H and O–H groups in total. The van der Waals surface area contributed by atoms with Gasteiger partial charge in [0.05, 0.1) is 17.8 Å². The van der Waals surface area contributed by atoms with E-state index < -0.39 is 5.82 Å². The Kier molecular flexibility index (Phi) is 3.94. The summed E-state index contributed by atoms with van der Waals surface area (Å²) in [6.45, 7) is 3.61. The second-order valence-corrected chi connectivity index (χ2v) is 3.85. The van der Waals surface area contributed by atoms with Crippen LogP contribution in [0.5, 0.6) is 0 Å². The maximum Gasteiger partial charge on any atom is 0.150 e. The highest BCUT2D eigenvalue weighted by molar-refractivity contribution is 5.98. The Morgan fingerprint density at radius 3 is 3.11 bits per heavy atom. The summed E-state index contributed by atoms with van der Waals surface area (Å²) in [5.41, 5.74) is 7.09. The molecule has 0 aliphatic carbocycles. The molecule has 1 aromatic carbocycles. The van der Waals surface area contributed by atoms with Crippen molar-refractivity contribution in [2.24, 2.45) is 0 Å². The fourth-order valence-electron chi connectivity index (χ4n) is 1.80. The highest BCUT2D eigenvalue weighted by atomic mass is 19.1. The van der Waals surface area contributed by atoms with Crippen LogP contribution in [-0.4, -0.2) is 24.7 Å². The molecule has 0 unspecified atom stereocenters. The molecule has 0 fully saturated rings. The number of fused-ring (bicyclic) bond motifs is 1. The lowest BCUT2D eigenvalue weighted by molar-refractivity contribution is 0.158. The van der Waals surface area contributed by atoms with Crippen molar-refractivity contribution in [3.05, 3.63) is 30.2 Å². The number of benzene rings is 1. The third-order valence-corrected chi connectivity index (χ3v) is 2.63. The molecule has 5 heteroatoms. The monoisotopic (exact) mass is 249 g/mol. The predicted molar refractivity (Wildman–Crippen MR) is 71.1 cm³/mol. The van der Waals surface area contributed by atoms with Gasteiger partial charge in [-0.15, -0.1) is 0 Å². The molecule has 2 rings (SSSR count). The maximum absolute atomic E-state index is 13.9. The van der Waals surface area contributed by atoms with Gasteiger partial charge in [0.25, 0.3) is 0 Å². The first-order valence-electron chi connectivity index (χ1n) is 5.88. The van der Waals surface area contributed by atoms with Crippen molar-refractivity contribution in [3.63, 3.8) is 0 Å². The molecule has 0 spiro atoms. The number of pyridine rings is 1. The first kappa shape index (κ1) is 12.6. The molecule has 18 heavy (non-hydrogen) atoms. The largest absolute Gasteiger partial charge is 0.398 e. The van der Waals surface area contributed by atoms with Gasteiger partial charge in [0, 0.05) is 30.4 Å². The van der Waals surface area contributed by atoms with E-state index in [9.17, 15) is 4.39 Å². The fourth-order valence-corrected chi connectivity index (χ4v) is 1.80. The van der Waals surface area contributed by atoms with E-state index in [-0.39, 0.29) is 0 Å². The highest BCUT2D eigenvalue weighted by Crippen LogP contribution is 2.29. The summed E-state index contributed by atoms with van der Waals surface area (Å²) in [6.07, 6.45) is 1.62. The number of rotatable bonds is 5. The summed E-state index contributed by atoms with van der Waals surface area (Å²) in [4.78, 5) is 4.18. The van der Waals surface area contributed by atoms with E-state index >= 15 is 0 Å². The molecule has 0 bridgehead atoms. The second kappa shape index (κ2) is 5.64. The number of nitrogens with two attached hydrogens (primary N) is 1. The molecular formula is C13H16FN3O. The zero-order valence-corrected chi connectivity index (χ0v) is 10.2. The maximum atomic E-state index is 13.9. The predicted octanol–water partition coefficient (Wildman–Crippen LogP) is 2.40. The minimum Gasteiger partial charge on any atom is -0.398 e. The quantitative estimate of drug-likeness (QED) is 0.631. The van der Waals surface area contributed by atoms with Crippen LogP contribution in [-0.2, 0) is 4.74 Å². The summed E-state index contributed by atoms with van der Waals surface area (Å²) in [5.74, 6) is -0.393. The van der Waals surface area contributed by atoms with E-state index in [1.165, 1.54) is 6.07 Å². The summed E-state index contributed by atoms with van der Waals surface area (Å²) in [6, 6.07) is 4.92. The molecule has 0 saturated carbocycles. The van der Waals surface area contributed by atoms with Gasteiger partial charge in [-0.1, -0.05) is 0 Å². The number of nitrogens with zero attached hydrogens (tertiary/aromatic N) is 1. The SMILES string of the molecule is CCOCCNc1c(F)cc(N)c2cccnc12. The van der Waals surface area contributed by atoms with Crippen LogP contribution in [0.2, 0.25) is 0 Å². The number of ether oxygens (including phenoxy) is 1. The van der Waals surface area contributed by atoms with Gasteiger partial charge in [-0.05, 0) is 25.1 Å². The molecule has 0 aliphatic heterocycles. The molecule has 0 saturated heterocycles. The molecule has 0 radical (unpaired) electrons. The molecule has 4 nitrogen and oxygen atoms in total. The molecule has 0 amide bonds. The van der Waals surface area contributed by atoms with Crippen LogP contribution in [0.1, 0.15) is 6.92 Å². The third kappa shape index (κ3) is 2.51. The smallest absolute Gasteiger partial charge is 0.150 e. The number of aromatic nitrogens is 1. The highest BCUT2D eigenvalue weighted by Gasteiger charge is 2.11. The molecular weight excluding hydrogens is 233 g/mol. The summed E-state index contributed by atoms with van der Waals surface area (Å²) in [5, 5.41) is 3.75. The minimum absolute atomic E-state index is 0.375. The molecule has 1 aromatic heterocycles. The Morgan fingerprint density at radius 1 is 1.50 bits per heavy atom. The van der Waals surface area contributed by atoms with Gasteiger partial charge in [-0.2, -0.15) is 0 Å². The number of hydrogen-bond donors (Lipinski definition) is 2. The van der Waals surface area contributed by atoms with E-state index in [1.807, 2.05) is 13.0 Å². The van der Waals surface area contributed by atoms with E-state index in [0.717, 1.165) is 5.39 Å². The van der Waals surface area contributed by atoms with Gasteiger partial charge in [0.2, 0.25) is 0 Å². The average Bonchev–Trinajstić information content (AvgIpc) is 2.38. The second-order valence-electron chi connectivity index (χ2n) is 3.85. The van der Waals surface area contributed by atoms with Gasteiger partial charge in [0.15, 0.2) is 5.82 Å². The first-order valence-corrected chi connectivity index (χ1v) is 5.88. The molecule has 0 aliphatic rings. The van der Waals surface area contributed by atoms with Crippen LogP contribution in [0.4, 0.5) is 15.8 Å². The Labute approximate surface area is 105 Å². The summed E-state index contributed by atoms with van der Waals surface area (Å²) >= 11 is 0. The van der Waals surface area contributed by atoms with Crippen LogP contribution >= 0.6 is 0 Å². The lowest BCUT2D eigenvalue weighted by Gasteiger charge is -2.11. The Hall–Kier alpha value is -1.88. The molecule has 1 heterocycles. The van der Waals surface area contributed by atoms with Crippen LogP contribution in [0.25, 0.3) is 10.9 Å². The summed E-state index contributed by atoms with van der Waals surface area (Å²) in [7, 11) is 0. The topological polar surface area (TPSA) is 60.2 Å². The zero-order chi connectivity index (χ0) is 13.0. The van der Waals surface area contributed by atoms with Crippen molar-refractivity contribution in [3.8, 4) is 0 Å². The van der Waals surface area contributed by atoms with E-state index in [4.69, 9.17) is 10.5 Å². The van der Waals surface area contributed by atoms with Crippen LogP contribution in [0, 0.1) is 5.82 Å². The Bertz CT molecular complexity index is 545. The lowest BCUT2D eigenvalue weighted by atomic mass is 10.1. The van der Waals surface area contributed by atoms with Crippen molar-refractivity contribution in [1.29, 1.82) is 0 Å². The van der Waals surface area contributed by atoms with Gasteiger partial charge in [0.1, 0.15) is 0 Å². The van der Waals surface area contributed by atoms with Crippen molar-refractivity contribution in [2.75, 3.05) is 30.8 Å². The zero-order valence-electron chi connectivity index (χ0n) is 10.2. The number of nitrogen functional groups attached to an aromatic ring is 1. The first-order chi connectivity index (χ1) is 8.74. The van der Waals surface area contributed by atoms with Crippen LogP contribution in [0.3, 0.4) is 0 Å². The number of anilines is 2. The lowest BCUT2D eigenvalue weighted by Crippen LogP contribution is -2.11. The van der Waals surface area contributed by atoms with Crippen LogP contribution < -0.4 is 11.1 Å². The molecule has 2 aromatic rings. The van der Waals surface area contributed by atoms with Crippen molar-refractivity contribution < 1.29 is 9.13 Å². The summed E-state index contributed by atoms with van der Waals surface area (Å²) < 4.78 is 19.1. The third-order valence-electron chi connectivity index (χ3n) is 2.63. The van der Waals surface area contributed by atoms with Gasteiger partial charge in [-0.3, -0.25) is 4.98 Å². The van der Waals surface area contributed by atoms with E-state index in [0.29, 0.717) is 36.6 Å². The van der Waals surface area contributed by atoms with Gasteiger partial charge >= 0.3 is 0 Å². The normalized spacial score (nSPS) is 10.8. The molecule has 0 atom stereocenters. The van der Waals surface area contributed by atoms with Crippen molar-refractivity contribution in [2.45, 2.75) is 6.92 Å². The van der Waals surface area contributed by atoms with Crippen molar-refractivity contribution in [1.82, 2.24) is 4.98 Å². The van der Waals surface area contributed by atoms with Gasteiger partial charge < -0.3 is 15.8 Å². The standard InChI is InChI=1S/C13H16FN3O/c1-2-18-7-6-17-13-10(14)8-11(15)9-4-3-5-16-12(9)13/h3-5,8,17H,2,6-7,15H2,1H3. The van der Waals surface area contributed by atoms with E-state index in [2.05, 4.69) is 10.3 Å². The number of nitrogens with one attached hydrogen (secondary N) is 1. The van der Waals surface area contributed by atoms with E-state index in [1.54, 1.807) is 12.3 Å². The Morgan fingerprint density at radius 2 is 2.33 bits per heavy atom. The average molecular weight is 249 g/mol. The van der Waals surface area contributed by atoms with Crippen molar-refractivity contribution >= 4 is 22.3 Å². The minimum atomic E-state index is -0.393. The fraction of sp³-hybridized carbons (Fsp3) is 0.308.